The van der Waals surface area contributed by atoms with Gasteiger partial charge >= 0.3 is 0 Å². The van der Waals surface area contributed by atoms with E-state index >= 15 is 0 Å². The van der Waals surface area contributed by atoms with E-state index in [1.54, 1.807) is 11.0 Å². The minimum atomic E-state index is -0.0155. The second kappa shape index (κ2) is 4.90. The molecular weight excluding hydrogens is 240 g/mol. The maximum Gasteiger partial charge on any atom is 0.257 e. The summed E-state index contributed by atoms with van der Waals surface area (Å²) in [7, 11) is 0. The number of benzene rings is 1. The quantitative estimate of drug-likeness (QED) is 0.892. The van der Waals surface area contributed by atoms with E-state index in [0.29, 0.717) is 18.7 Å². The van der Waals surface area contributed by atoms with E-state index in [1.807, 2.05) is 18.2 Å². The van der Waals surface area contributed by atoms with Crippen molar-refractivity contribution in [2.45, 2.75) is 12.0 Å². The van der Waals surface area contributed by atoms with E-state index < -0.39 is 0 Å². The largest absolute Gasteiger partial charge is 0.472 e. The molecule has 19 heavy (non-hydrogen) atoms. The van der Waals surface area contributed by atoms with Crippen LogP contribution in [0.4, 0.5) is 0 Å². The number of amides is 1. The third-order valence-electron chi connectivity index (χ3n) is 3.65. The molecule has 98 valence electrons. The van der Waals surface area contributed by atoms with Crippen molar-refractivity contribution in [2.24, 2.45) is 5.73 Å². The Morgan fingerprint density at radius 1 is 1.21 bits per heavy atom. The number of hydrogen-bond acceptors (Lipinski definition) is 3. The Balaban J connectivity index is 1.77. The Morgan fingerprint density at radius 3 is 2.68 bits per heavy atom. The molecule has 0 bridgehead atoms. The molecule has 1 aromatic heterocycles. The Hall–Kier alpha value is -2.07. The summed E-state index contributed by atoms with van der Waals surface area (Å²) in [5, 5.41) is 0. The van der Waals surface area contributed by atoms with Gasteiger partial charge in [-0.15, -0.1) is 0 Å². The lowest BCUT2D eigenvalue weighted by atomic mass is 9.95. The van der Waals surface area contributed by atoms with Gasteiger partial charge in [0, 0.05) is 25.0 Å². The molecule has 0 spiro atoms. The van der Waals surface area contributed by atoms with Gasteiger partial charge in [0.05, 0.1) is 11.8 Å². The summed E-state index contributed by atoms with van der Waals surface area (Å²) in [5.41, 5.74) is 7.95. The van der Waals surface area contributed by atoms with Crippen molar-refractivity contribution >= 4 is 5.91 Å². The number of furan rings is 1. The third kappa shape index (κ3) is 2.27. The normalized spacial score (nSPS) is 22.7. The lowest BCUT2D eigenvalue weighted by Crippen LogP contribution is -2.31. The van der Waals surface area contributed by atoms with Gasteiger partial charge in [0.2, 0.25) is 0 Å². The topological polar surface area (TPSA) is 59.5 Å². The highest BCUT2D eigenvalue weighted by Gasteiger charge is 2.34. The van der Waals surface area contributed by atoms with Crippen LogP contribution in [0.1, 0.15) is 21.8 Å². The van der Waals surface area contributed by atoms with Gasteiger partial charge in [-0.1, -0.05) is 30.3 Å². The van der Waals surface area contributed by atoms with Crippen LogP contribution in [0.2, 0.25) is 0 Å². The van der Waals surface area contributed by atoms with Gasteiger partial charge in [0.1, 0.15) is 6.26 Å². The molecule has 2 atom stereocenters. The first-order valence-electron chi connectivity index (χ1n) is 6.37. The van der Waals surface area contributed by atoms with Crippen molar-refractivity contribution in [3.8, 4) is 0 Å². The minimum absolute atomic E-state index is 0.0115. The molecule has 4 heteroatoms. The molecular formula is C15H16N2O2. The molecule has 2 N–H and O–H groups in total. The molecule has 0 saturated carbocycles. The third-order valence-corrected chi connectivity index (χ3v) is 3.65. The lowest BCUT2D eigenvalue weighted by molar-refractivity contribution is 0.0788. The first-order chi connectivity index (χ1) is 9.25. The second-order valence-corrected chi connectivity index (χ2v) is 4.90. The van der Waals surface area contributed by atoms with Gasteiger partial charge in [0.15, 0.2) is 0 Å². The van der Waals surface area contributed by atoms with E-state index in [1.165, 1.54) is 18.1 Å². The Kier molecular flexibility index (Phi) is 3.09. The molecule has 1 aliphatic heterocycles. The fourth-order valence-corrected chi connectivity index (χ4v) is 2.62. The number of nitrogens with two attached hydrogens (primary N) is 1. The fourth-order valence-electron chi connectivity index (χ4n) is 2.62. The highest BCUT2D eigenvalue weighted by atomic mass is 16.3. The zero-order chi connectivity index (χ0) is 13.2. The SMILES string of the molecule is N[C@@H]1CN(C(=O)c2ccoc2)C[C@H]1c1ccccc1. The Labute approximate surface area is 111 Å². The van der Waals surface area contributed by atoms with Gasteiger partial charge < -0.3 is 15.1 Å². The highest BCUT2D eigenvalue weighted by molar-refractivity contribution is 5.94. The van der Waals surface area contributed by atoms with Gasteiger partial charge in [-0.3, -0.25) is 4.79 Å². The molecule has 1 amide bonds. The number of carbonyl (C=O) groups excluding carboxylic acids is 1. The van der Waals surface area contributed by atoms with Gasteiger partial charge in [-0.25, -0.2) is 0 Å². The summed E-state index contributed by atoms with van der Waals surface area (Å²) in [4.78, 5) is 14.0. The molecule has 1 aromatic carbocycles. The predicted molar refractivity (Wildman–Crippen MR) is 71.8 cm³/mol. The van der Waals surface area contributed by atoms with Gasteiger partial charge in [0.25, 0.3) is 5.91 Å². The summed E-state index contributed by atoms with van der Waals surface area (Å²) in [6.45, 7) is 1.25. The van der Waals surface area contributed by atoms with E-state index in [0.717, 1.165) is 0 Å². The molecule has 1 saturated heterocycles. The summed E-state index contributed by atoms with van der Waals surface area (Å²) in [6.07, 6.45) is 2.99. The zero-order valence-electron chi connectivity index (χ0n) is 10.5. The van der Waals surface area contributed by atoms with Crippen molar-refractivity contribution in [3.63, 3.8) is 0 Å². The monoisotopic (exact) mass is 256 g/mol. The highest BCUT2D eigenvalue weighted by Crippen LogP contribution is 2.27. The number of likely N-dealkylation sites (tertiary alicyclic amines) is 1. The van der Waals surface area contributed by atoms with Gasteiger partial charge in [-0.2, -0.15) is 0 Å². The van der Waals surface area contributed by atoms with Crippen LogP contribution in [0, 0.1) is 0 Å². The summed E-state index contributed by atoms with van der Waals surface area (Å²) >= 11 is 0. The van der Waals surface area contributed by atoms with Crippen LogP contribution in [-0.2, 0) is 0 Å². The van der Waals surface area contributed by atoms with Crippen LogP contribution in [-0.4, -0.2) is 29.9 Å². The van der Waals surface area contributed by atoms with Crippen LogP contribution in [0.3, 0.4) is 0 Å². The summed E-state index contributed by atoms with van der Waals surface area (Å²) in [6, 6.07) is 11.8. The standard InChI is InChI=1S/C15H16N2O2/c16-14-9-17(15(18)12-6-7-19-10-12)8-13(14)11-4-2-1-3-5-11/h1-7,10,13-14H,8-9,16H2/t13-,14+/m0/s1. The summed E-state index contributed by atoms with van der Waals surface area (Å²) < 4.78 is 4.95. The van der Waals surface area contributed by atoms with E-state index in [4.69, 9.17) is 10.2 Å². The van der Waals surface area contributed by atoms with Crippen LogP contribution in [0.25, 0.3) is 0 Å². The van der Waals surface area contributed by atoms with Crippen molar-refractivity contribution in [1.29, 1.82) is 0 Å². The van der Waals surface area contributed by atoms with E-state index in [-0.39, 0.29) is 17.9 Å². The van der Waals surface area contributed by atoms with Crippen LogP contribution in [0.5, 0.6) is 0 Å². The summed E-state index contributed by atoms with van der Waals surface area (Å²) in [5.74, 6) is 0.194. The fraction of sp³-hybridized carbons (Fsp3) is 0.267. The van der Waals surface area contributed by atoms with E-state index in [9.17, 15) is 4.79 Å². The van der Waals surface area contributed by atoms with Gasteiger partial charge in [-0.05, 0) is 11.6 Å². The van der Waals surface area contributed by atoms with Crippen molar-refractivity contribution in [3.05, 3.63) is 60.1 Å². The zero-order valence-corrected chi connectivity index (χ0v) is 10.5. The predicted octanol–water partition coefficient (Wildman–Crippen LogP) is 1.85. The van der Waals surface area contributed by atoms with Crippen LogP contribution in [0.15, 0.2) is 53.3 Å². The maximum absolute atomic E-state index is 12.2. The van der Waals surface area contributed by atoms with Crippen molar-refractivity contribution in [2.75, 3.05) is 13.1 Å². The Morgan fingerprint density at radius 2 is 2.00 bits per heavy atom. The Bertz CT molecular complexity index is 551. The molecule has 0 unspecified atom stereocenters. The van der Waals surface area contributed by atoms with Crippen LogP contribution >= 0.6 is 0 Å². The first kappa shape index (κ1) is 12.0. The van der Waals surface area contributed by atoms with Crippen LogP contribution < -0.4 is 5.73 Å². The molecule has 1 aliphatic rings. The number of nitrogens with zero attached hydrogens (tertiary/aromatic N) is 1. The average Bonchev–Trinajstić information content (AvgIpc) is 3.08. The van der Waals surface area contributed by atoms with E-state index in [2.05, 4.69) is 12.1 Å². The molecule has 2 heterocycles. The first-order valence-corrected chi connectivity index (χ1v) is 6.37. The molecule has 2 aromatic rings. The molecule has 3 rings (SSSR count). The maximum atomic E-state index is 12.2. The average molecular weight is 256 g/mol. The molecule has 0 aliphatic carbocycles. The number of carbonyl (C=O) groups is 1. The second-order valence-electron chi connectivity index (χ2n) is 4.90. The molecule has 1 fully saturated rings. The molecule has 0 radical (unpaired) electrons. The van der Waals surface area contributed by atoms with Crippen molar-refractivity contribution < 1.29 is 9.21 Å². The molecule has 4 nitrogen and oxygen atoms in total. The van der Waals surface area contributed by atoms with Crippen molar-refractivity contribution in [1.82, 2.24) is 4.90 Å². The minimum Gasteiger partial charge on any atom is -0.472 e. The lowest BCUT2D eigenvalue weighted by Gasteiger charge is -2.15. The smallest absolute Gasteiger partial charge is 0.257 e. The number of rotatable bonds is 2. The number of hydrogen-bond donors (Lipinski definition) is 1.